The molecule has 0 aliphatic rings. The Labute approximate surface area is 117 Å². The van der Waals surface area contributed by atoms with E-state index in [9.17, 15) is 9.59 Å². The molecule has 0 saturated heterocycles. The van der Waals surface area contributed by atoms with Gasteiger partial charge in [-0.2, -0.15) is 0 Å². The van der Waals surface area contributed by atoms with E-state index in [0.29, 0.717) is 17.2 Å². The third-order valence-electron chi connectivity index (χ3n) is 2.58. The zero-order valence-corrected chi connectivity index (χ0v) is 12.3. The molecular formula is C13H20N2O3S. The fourth-order valence-corrected chi connectivity index (χ4v) is 2.44. The molecule has 19 heavy (non-hydrogen) atoms. The molecule has 0 bridgehead atoms. The lowest BCUT2D eigenvalue weighted by Crippen LogP contribution is -2.26. The Hall–Kier alpha value is -1.40. The van der Waals surface area contributed by atoms with E-state index < -0.39 is 5.97 Å². The zero-order valence-electron chi connectivity index (χ0n) is 11.5. The molecule has 6 heteroatoms. The maximum Gasteiger partial charge on any atom is 0.341 e. The van der Waals surface area contributed by atoms with Crippen molar-refractivity contribution >= 4 is 28.2 Å². The molecule has 0 aliphatic carbocycles. The van der Waals surface area contributed by atoms with Gasteiger partial charge >= 0.3 is 5.97 Å². The number of nitrogens with one attached hydrogen (secondary N) is 1. The van der Waals surface area contributed by atoms with Crippen LogP contribution in [0.4, 0.5) is 5.00 Å². The molecular weight excluding hydrogens is 264 g/mol. The maximum absolute atomic E-state index is 11.8. The molecule has 1 unspecified atom stereocenters. The number of esters is 1. The Bertz CT molecular complexity index is 457. The summed E-state index contributed by atoms with van der Waals surface area (Å²) in [7, 11) is 0. The molecule has 1 atom stereocenters. The van der Waals surface area contributed by atoms with Crippen LogP contribution in [0.3, 0.4) is 0 Å². The highest BCUT2D eigenvalue weighted by Gasteiger charge is 2.18. The van der Waals surface area contributed by atoms with Crippen LogP contribution in [-0.4, -0.2) is 24.5 Å². The van der Waals surface area contributed by atoms with E-state index >= 15 is 0 Å². The van der Waals surface area contributed by atoms with Crippen molar-refractivity contribution < 1.29 is 14.3 Å². The SMILES string of the molecule is CCOC(=O)c1cc(C)sc1NC(=O)CC(N)CC. The number of carbonyl (C=O) groups excluding carboxylic acids is 2. The summed E-state index contributed by atoms with van der Waals surface area (Å²) in [6.07, 6.45) is 0.983. The van der Waals surface area contributed by atoms with Crippen molar-refractivity contribution in [2.75, 3.05) is 11.9 Å². The van der Waals surface area contributed by atoms with Crippen LogP contribution < -0.4 is 11.1 Å². The number of hydrogen-bond acceptors (Lipinski definition) is 5. The van der Waals surface area contributed by atoms with Gasteiger partial charge in [-0.25, -0.2) is 4.79 Å². The van der Waals surface area contributed by atoms with Crippen LogP contribution in [0, 0.1) is 6.92 Å². The first-order valence-electron chi connectivity index (χ1n) is 6.30. The summed E-state index contributed by atoms with van der Waals surface area (Å²) in [6.45, 7) is 5.86. The Morgan fingerprint density at radius 3 is 2.74 bits per heavy atom. The fourth-order valence-electron chi connectivity index (χ4n) is 1.53. The van der Waals surface area contributed by atoms with Gasteiger partial charge in [-0.3, -0.25) is 4.79 Å². The molecule has 0 aromatic carbocycles. The van der Waals surface area contributed by atoms with Gasteiger partial charge in [-0.1, -0.05) is 6.92 Å². The first kappa shape index (κ1) is 15.7. The fraction of sp³-hybridized carbons (Fsp3) is 0.538. The van der Waals surface area contributed by atoms with Gasteiger partial charge in [0.2, 0.25) is 5.91 Å². The highest BCUT2D eigenvalue weighted by Crippen LogP contribution is 2.28. The molecule has 5 nitrogen and oxygen atoms in total. The van der Waals surface area contributed by atoms with E-state index in [0.717, 1.165) is 11.3 Å². The topological polar surface area (TPSA) is 81.4 Å². The van der Waals surface area contributed by atoms with E-state index in [1.54, 1.807) is 13.0 Å². The van der Waals surface area contributed by atoms with Crippen molar-refractivity contribution in [1.29, 1.82) is 0 Å². The lowest BCUT2D eigenvalue weighted by atomic mass is 10.1. The summed E-state index contributed by atoms with van der Waals surface area (Å²) >= 11 is 1.36. The predicted molar refractivity (Wildman–Crippen MR) is 76.5 cm³/mol. The smallest absolute Gasteiger partial charge is 0.341 e. The van der Waals surface area contributed by atoms with E-state index in [-0.39, 0.29) is 18.4 Å². The second-order valence-electron chi connectivity index (χ2n) is 4.24. The number of nitrogens with two attached hydrogens (primary N) is 1. The van der Waals surface area contributed by atoms with Crippen molar-refractivity contribution in [3.05, 3.63) is 16.5 Å². The summed E-state index contributed by atoms with van der Waals surface area (Å²) in [4.78, 5) is 24.5. The average molecular weight is 284 g/mol. The predicted octanol–water partition coefficient (Wildman–Crippen LogP) is 2.30. The summed E-state index contributed by atoms with van der Waals surface area (Å²) < 4.78 is 4.96. The third kappa shape index (κ3) is 4.65. The van der Waals surface area contributed by atoms with Gasteiger partial charge in [-0.15, -0.1) is 11.3 Å². The van der Waals surface area contributed by atoms with Gasteiger partial charge in [0, 0.05) is 17.3 Å². The molecule has 0 fully saturated rings. The van der Waals surface area contributed by atoms with Crippen LogP contribution in [0.1, 0.15) is 41.9 Å². The van der Waals surface area contributed by atoms with Crippen LogP contribution in [0.2, 0.25) is 0 Å². The largest absolute Gasteiger partial charge is 0.462 e. The molecule has 106 valence electrons. The molecule has 0 aliphatic heterocycles. The minimum atomic E-state index is -0.415. The Kier molecular flexibility index (Phi) is 5.98. The standard InChI is InChI=1S/C13H20N2O3S/c1-4-9(14)7-11(16)15-12-10(6-8(3)19-12)13(17)18-5-2/h6,9H,4-5,7,14H2,1-3H3,(H,15,16). The van der Waals surface area contributed by atoms with Crippen LogP contribution in [0.25, 0.3) is 0 Å². The molecule has 1 heterocycles. The number of thiophene rings is 1. The molecule has 1 amide bonds. The molecule has 1 aromatic heterocycles. The number of aryl methyl sites for hydroxylation is 1. The molecule has 1 rings (SSSR count). The lowest BCUT2D eigenvalue weighted by molar-refractivity contribution is -0.116. The first-order valence-corrected chi connectivity index (χ1v) is 7.12. The zero-order chi connectivity index (χ0) is 14.4. The van der Waals surface area contributed by atoms with Crippen molar-refractivity contribution in [2.24, 2.45) is 5.73 Å². The van der Waals surface area contributed by atoms with E-state index in [4.69, 9.17) is 10.5 Å². The summed E-state index contributed by atoms with van der Waals surface area (Å²) in [5.41, 5.74) is 6.13. The number of amides is 1. The van der Waals surface area contributed by atoms with E-state index in [2.05, 4.69) is 5.32 Å². The minimum Gasteiger partial charge on any atom is -0.462 e. The van der Waals surface area contributed by atoms with Crippen molar-refractivity contribution in [1.82, 2.24) is 0 Å². The van der Waals surface area contributed by atoms with Crippen LogP contribution in [0.15, 0.2) is 6.07 Å². The third-order valence-corrected chi connectivity index (χ3v) is 3.54. The van der Waals surface area contributed by atoms with Gasteiger partial charge in [0.25, 0.3) is 0 Å². The highest BCUT2D eigenvalue weighted by molar-refractivity contribution is 7.16. The molecule has 0 spiro atoms. The summed E-state index contributed by atoms with van der Waals surface area (Å²) in [5.74, 6) is -0.594. The van der Waals surface area contributed by atoms with Crippen molar-refractivity contribution in [2.45, 2.75) is 39.7 Å². The van der Waals surface area contributed by atoms with Gasteiger partial charge in [-0.05, 0) is 26.3 Å². The molecule has 0 saturated carbocycles. The Morgan fingerprint density at radius 2 is 2.16 bits per heavy atom. The number of ether oxygens (including phenoxy) is 1. The summed E-state index contributed by atoms with van der Waals surface area (Å²) in [6, 6.07) is 1.56. The first-order chi connectivity index (χ1) is 8.97. The van der Waals surface area contributed by atoms with Crippen LogP contribution in [-0.2, 0) is 9.53 Å². The van der Waals surface area contributed by atoms with E-state index in [1.165, 1.54) is 11.3 Å². The van der Waals surface area contributed by atoms with Crippen LogP contribution in [0.5, 0.6) is 0 Å². The quantitative estimate of drug-likeness (QED) is 0.785. The number of hydrogen-bond donors (Lipinski definition) is 2. The van der Waals surface area contributed by atoms with Crippen molar-refractivity contribution in [3.63, 3.8) is 0 Å². The van der Waals surface area contributed by atoms with Crippen LogP contribution >= 0.6 is 11.3 Å². The maximum atomic E-state index is 11.8. The van der Waals surface area contributed by atoms with Crippen molar-refractivity contribution in [3.8, 4) is 0 Å². The second-order valence-corrected chi connectivity index (χ2v) is 5.50. The molecule has 1 aromatic rings. The second kappa shape index (κ2) is 7.25. The Morgan fingerprint density at radius 1 is 1.47 bits per heavy atom. The Balaban J connectivity index is 2.77. The number of carbonyl (C=O) groups is 2. The van der Waals surface area contributed by atoms with Gasteiger partial charge in [0.15, 0.2) is 0 Å². The van der Waals surface area contributed by atoms with Gasteiger partial charge in [0.1, 0.15) is 5.00 Å². The minimum absolute atomic E-state index is 0.160. The normalized spacial score (nSPS) is 12.0. The highest BCUT2D eigenvalue weighted by atomic mass is 32.1. The van der Waals surface area contributed by atoms with E-state index in [1.807, 2.05) is 13.8 Å². The average Bonchev–Trinajstić information content (AvgIpc) is 2.70. The summed E-state index contributed by atoms with van der Waals surface area (Å²) in [5, 5.41) is 3.27. The van der Waals surface area contributed by atoms with Gasteiger partial charge in [0.05, 0.1) is 12.2 Å². The van der Waals surface area contributed by atoms with Gasteiger partial charge < -0.3 is 15.8 Å². The number of anilines is 1. The lowest BCUT2D eigenvalue weighted by Gasteiger charge is -2.09. The number of rotatable bonds is 6. The molecule has 0 radical (unpaired) electrons. The monoisotopic (exact) mass is 284 g/mol. The molecule has 3 N–H and O–H groups in total.